The highest BCUT2D eigenvalue weighted by atomic mass is 32.2. The third-order valence-electron chi connectivity index (χ3n) is 4.82. The van der Waals surface area contributed by atoms with Gasteiger partial charge in [-0.1, -0.05) is 19.4 Å². The summed E-state index contributed by atoms with van der Waals surface area (Å²) < 4.78 is 52.2. The highest BCUT2D eigenvalue weighted by Crippen LogP contribution is 2.25. The molecular formula is C18H29N3O5S2. The van der Waals surface area contributed by atoms with Crippen molar-refractivity contribution in [2.24, 2.45) is 0 Å². The third kappa shape index (κ3) is 4.91. The van der Waals surface area contributed by atoms with Gasteiger partial charge >= 0.3 is 0 Å². The number of hydrogen-bond acceptors (Lipinski definition) is 5. The zero-order valence-electron chi connectivity index (χ0n) is 16.8. The number of carbonyl (C=O) groups is 1. The Balaban J connectivity index is 2.30. The molecule has 1 aliphatic heterocycles. The molecule has 1 amide bonds. The van der Waals surface area contributed by atoms with Crippen molar-refractivity contribution in [3.8, 4) is 0 Å². The molecule has 0 bridgehead atoms. The molecule has 1 fully saturated rings. The minimum Gasteiger partial charge on any atom is -0.324 e. The summed E-state index contributed by atoms with van der Waals surface area (Å²) in [6.45, 7) is 3.87. The minimum absolute atomic E-state index is 0.00632. The first-order valence-electron chi connectivity index (χ1n) is 9.34. The third-order valence-corrected chi connectivity index (χ3v) is 8.71. The van der Waals surface area contributed by atoms with Crippen molar-refractivity contribution in [2.75, 3.05) is 31.7 Å². The second-order valence-corrected chi connectivity index (χ2v) is 11.4. The smallest absolute Gasteiger partial charge is 0.242 e. The van der Waals surface area contributed by atoms with Crippen LogP contribution in [0.2, 0.25) is 0 Å². The number of benzene rings is 1. The van der Waals surface area contributed by atoms with Gasteiger partial charge in [0.1, 0.15) is 6.04 Å². The summed E-state index contributed by atoms with van der Waals surface area (Å²) in [5, 5.41) is 2.75. The van der Waals surface area contributed by atoms with Crippen LogP contribution in [-0.4, -0.2) is 63.8 Å². The summed E-state index contributed by atoms with van der Waals surface area (Å²) in [4.78, 5) is 13.0. The van der Waals surface area contributed by atoms with Crippen LogP contribution in [0.25, 0.3) is 0 Å². The maximum Gasteiger partial charge on any atom is 0.242 e. The predicted octanol–water partition coefficient (Wildman–Crippen LogP) is 1.78. The van der Waals surface area contributed by atoms with E-state index >= 15 is 0 Å². The average Bonchev–Trinajstić information content (AvgIpc) is 2.63. The van der Waals surface area contributed by atoms with Gasteiger partial charge in [0.2, 0.25) is 26.0 Å². The van der Waals surface area contributed by atoms with Gasteiger partial charge in [-0.15, -0.1) is 0 Å². The molecule has 0 unspecified atom stereocenters. The van der Waals surface area contributed by atoms with Crippen LogP contribution in [0.3, 0.4) is 0 Å². The van der Waals surface area contributed by atoms with E-state index < -0.39 is 32.0 Å². The van der Waals surface area contributed by atoms with Crippen LogP contribution in [0.5, 0.6) is 0 Å². The molecule has 1 aliphatic rings. The molecule has 28 heavy (non-hydrogen) atoms. The van der Waals surface area contributed by atoms with Crippen molar-refractivity contribution in [1.29, 1.82) is 0 Å². The molecule has 0 aromatic heterocycles. The van der Waals surface area contributed by atoms with E-state index in [2.05, 4.69) is 5.32 Å². The van der Waals surface area contributed by atoms with Crippen LogP contribution < -0.4 is 5.32 Å². The average molecular weight is 432 g/mol. The first-order valence-corrected chi connectivity index (χ1v) is 12.4. The summed E-state index contributed by atoms with van der Waals surface area (Å²) in [6, 6.07) is 3.74. The van der Waals surface area contributed by atoms with Crippen molar-refractivity contribution < 1.29 is 21.6 Å². The maximum atomic E-state index is 12.9. The summed E-state index contributed by atoms with van der Waals surface area (Å²) in [5.41, 5.74) is 1.07. The standard InChI is InChI=1S/C18H29N3O5S2/c1-5-12-27(23,24)21-11-7-6-8-17(21)18(22)19-16-13-15(10-9-14(16)2)28(25,26)20(3)4/h9-10,13,17H,5-8,11-12H2,1-4H3,(H,19,22)/t17-/m1/s1. The number of nitrogens with zero attached hydrogens (tertiary/aromatic N) is 2. The molecule has 1 saturated heterocycles. The number of sulfonamides is 2. The lowest BCUT2D eigenvalue weighted by atomic mass is 10.0. The van der Waals surface area contributed by atoms with Crippen molar-refractivity contribution in [3.63, 3.8) is 0 Å². The first-order chi connectivity index (χ1) is 13.0. The predicted molar refractivity (Wildman–Crippen MR) is 109 cm³/mol. The van der Waals surface area contributed by atoms with E-state index in [1.165, 1.54) is 30.5 Å². The van der Waals surface area contributed by atoms with Crippen LogP contribution in [0.15, 0.2) is 23.1 Å². The van der Waals surface area contributed by atoms with E-state index in [4.69, 9.17) is 0 Å². The van der Waals surface area contributed by atoms with Gasteiger partial charge in [-0.25, -0.2) is 21.1 Å². The molecule has 10 heteroatoms. The Kier molecular flexibility index (Phi) is 7.24. The van der Waals surface area contributed by atoms with E-state index in [0.717, 1.165) is 17.1 Å². The van der Waals surface area contributed by atoms with Gasteiger partial charge in [-0.2, -0.15) is 4.31 Å². The van der Waals surface area contributed by atoms with E-state index in [1.54, 1.807) is 19.9 Å². The van der Waals surface area contributed by atoms with E-state index in [-0.39, 0.29) is 10.6 Å². The SMILES string of the molecule is CCCS(=O)(=O)N1CCCC[C@@H]1C(=O)Nc1cc(S(=O)(=O)N(C)C)ccc1C. The second-order valence-electron chi connectivity index (χ2n) is 7.19. The number of nitrogens with one attached hydrogen (secondary N) is 1. The van der Waals surface area contributed by atoms with Crippen LogP contribution in [0.1, 0.15) is 38.2 Å². The van der Waals surface area contributed by atoms with E-state index in [1.807, 2.05) is 0 Å². The molecule has 1 atom stereocenters. The van der Waals surface area contributed by atoms with E-state index in [9.17, 15) is 21.6 Å². The van der Waals surface area contributed by atoms with Crippen LogP contribution >= 0.6 is 0 Å². The Morgan fingerprint density at radius 3 is 2.50 bits per heavy atom. The lowest BCUT2D eigenvalue weighted by molar-refractivity contribution is -0.120. The molecule has 0 radical (unpaired) electrons. The fraction of sp³-hybridized carbons (Fsp3) is 0.611. The minimum atomic E-state index is -3.64. The Hall–Kier alpha value is -1.49. The van der Waals surface area contributed by atoms with Crippen LogP contribution in [0.4, 0.5) is 5.69 Å². The Bertz CT molecular complexity index is 927. The summed E-state index contributed by atoms with van der Waals surface area (Å²) >= 11 is 0. The van der Waals surface area contributed by atoms with Crippen molar-refractivity contribution in [2.45, 2.75) is 50.5 Å². The number of piperidine rings is 1. The summed E-state index contributed by atoms with van der Waals surface area (Å²) in [5.74, 6) is -0.422. The number of aryl methyl sites for hydroxylation is 1. The fourth-order valence-corrected chi connectivity index (χ4v) is 5.87. The Morgan fingerprint density at radius 2 is 1.89 bits per heavy atom. The number of carbonyl (C=O) groups excluding carboxylic acids is 1. The van der Waals surface area contributed by atoms with Gasteiger partial charge in [-0.3, -0.25) is 4.79 Å². The molecule has 0 aliphatic carbocycles. The monoisotopic (exact) mass is 431 g/mol. The molecule has 1 aromatic carbocycles. The zero-order chi connectivity index (χ0) is 21.1. The van der Waals surface area contributed by atoms with Gasteiger partial charge in [-0.05, 0) is 43.9 Å². The molecular weight excluding hydrogens is 402 g/mol. The Morgan fingerprint density at radius 1 is 1.21 bits per heavy atom. The van der Waals surface area contributed by atoms with Crippen LogP contribution in [-0.2, 0) is 24.8 Å². The Labute approximate surface area is 168 Å². The molecule has 0 spiro atoms. The number of rotatable bonds is 7. The van der Waals surface area contributed by atoms with Gasteiger partial charge in [0, 0.05) is 26.3 Å². The maximum absolute atomic E-state index is 12.9. The summed E-state index contributed by atoms with van der Waals surface area (Å²) in [7, 11) is -4.27. The number of amides is 1. The summed E-state index contributed by atoms with van der Waals surface area (Å²) in [6.07, 6.45) is 2.42. The van der Waals surface area contributed by atoms with Crippen molar-refractivity contribution in [1.82, 2.24) is 8.61 Å². The van der Waals surface area contributed by atoms with Gasteiger partial charge in [0.05, 0.1) is 10.6 Å². The largest absolute Gasteiger partial charge is 0.324 e. The molecule has 2 rings (SSSR count). The lowest BCUT2D eigenvalue weighted by Crippen LogP contribution is -2.50. The van der Waals surface area contributed by atoms with Crippen molar-refractivity contribution in [3.05, 3.63) is 23.8 Å². The lowest BCUT2D eigenvalue weighted by Gasteiger charge is -2.33. The fourth-order valence-electron chi connectivity index (χ4n) is 3.20. The molecule has 1 aromatic rings. The normalized spacial score (nSPS) is 19.0. The quantitative estimate of drug-likeness (QED) is 0.709. The molecule has 1 N–H and O–H groups in total. The molecule has 0 saturated carbocycles. The zero-order valence-corrected chi connectivity index (χ0v) is 18.4. The number of anilines is 1. The topological polar surface area (TPSA) is 104 Å². The molecule has 8 nitrogen and oxygen atoms in total. The van der Waals surface area contributed by atoms with E-state index in [0.29, 0.717) is 30.6 Å². The van der Waals surface area contributed by atoms with Gasteiger partial charge < -0.3 is 5.32 Å². The van der Waals surface area contributed by atoms with Gasteiger partial charge in [0.15, 0.2) is 0 Å². The highest BCUT2D eigenvalue weighted by Gasteiger charge is 2.36. The molecule has 1 heterocycles. The van der Waals surface area contributed by atoms with Crippen molar-refractivity contribution >= 4 is 31.6 Å². The second kappa shape index (κ2) is 8.89. The van der Waals surface area contributed by atoms with Gasteiger partial charge in [0.25, 0.3) is 0 Å². The highest BCUT2D eigenvalue weighted by molar-refractivity contribution is 7.89. The first kappa shape index (κ1) is 22.8. The number of hydrogen-bond donors (Lipinski definition) is 1. The molecule has 158 valence electrons. The van der Waals surface area contributed by atoms with Crippen LogP contribution in [0, 0.1) is 6.92 Å².